The van der Waals surface area contributed by atoms with Crippen LogP contribution < -0.4 is 0 Å². The number of aryl methyl sites for hydroxylation is 1. The first-order valence-electron chi connectivity index (χ1n) is 5.97. The molecule has 1 aromatic carbocycles. The number of benzene rings is 1. The van der Waals surface area contributed by atoms with Gasteiger partial charge >= 0.3 is 0 Å². The Kier molecular flexibility index (Phi) is 2.77. The van der Waals surface area contributed by atoms with Gasteiger partial charge < -0.3 is 4.40 Å². The van der Waals surface area contributed by atoms with Crippen molar-refractivity contribution in [3.8, 4) is 17.3 Å². The van der Waals surface area contributed by atoms with Crippen molar-refractivity contribution in [1.82, 2.24) is 4.40 Å². The molecule has 0 aliphatic carbocycles. The minimum Gasteiger partial charge on any atom is -0.314 e. The number of nitrogens with zero attached hydrogens (tertiary/aromatic N) is 2. The lowest BCUT2D eigenvalue weighted by atomic mass is 10.1. The summed E-state index contributed by atoms with van der Waals surface area (Å²) >= 11 is 6.20. The highest BCUT2D eigenvalue weighted by molar-refractivity contribution is 6.34. The summed E-state index contributed by atoms with van der Waals surface area (Å²) in [5.74, 6) is 0. The van der Waals surface area contributed by atoms with E-state index in [1.807, 2.05) is 22.7 Å². The molecule has 3 aromatic rings. The van der Waals surface area contributed by atoms with E-state index in [9.17, 15) is 5.26 Å². The predicted molar refractivity (Wildman–Crippen MR) is 77.3 cm³/mol. The van der Waals surface area contributed by atoms with Crippen molar-refractivity contribution in [3.63, 3.8) is 0 Å². The third kappa shape index (κ3) is 1.89. The molecule has 0 N–H and O–H groups in total. The number of nitriles is 1. The molecule has 3 rings (SSSR count). The van der Waals surface area contributed by atoms with Crippen LogP contribution in [-0.2, 0) is 0 Å². The molecule has 0 saturated heterocycles. The molecule has 0 saturated carbocycles. The average Bonchev–Trinajstić information content (AvgIpc) is 2.80. The number of pyridine rings is 1. The van der Waals surface area contributed by atoms with E-state index in [2.05, 4.69) is 37.3 Å². The maximum absolute atomic E-state index is 9.24. The normalized spacial score (nSPS) is 10.6. The number of hydrogen-bond donors (Lipinski definition) is 0. The standard InChI is InChI=1S/C16H11ClN2/c1-11-4-6-12(7-5-11)15-9-13(10-18)16-14(17)3-2-8-19(15)16/h2-9H,1H3. The largest absolute Gasteiger partial charge is 0.314 e. The van der Waals surface area contributed by atoms with Crippen molar-refractivity contribution in [1.29, 1.82) is 5.26 Å². The van der Waals surface area contributed by atoms with Crippen molar-refractivity contribution in [2.45, 2.75) is 6.92 Å². The van der Waals surface area contributed by atoms with Crippen LogP contribution in [0.4, 0.5) is 0 Å². The van der Waals surface area contributed by atoms with Gasteiger partial charge in [0.05, 0.1) is 21.8 Å². The number of halogens is 1. The zero-order valence-electron chi connectivity index (χ0n) is 10.4. The molecular weight excluding hydrogens is 256 g/mol. The lowest BCUT2D eigenvalue weighted by molar-refractivity contribution is 1.20. The predicted octanol–water partition coefficient (Wildman–Crippen LogP) is 4.44. The molecule has 0 atom stereocenters. The molecule has 0 fully saturated rings. The minimum absolute atomic E-state index is 0.595. The van der Waals surface area contributed by atoms with Gasteiger partial charge in [0.15, 0.2) is 0 Å². The Labute approximate surface area is 116 Å². The Morgan fingerprint density at radius 2 is 1.89 bits per heavy atom. The van der Waals surface area contributed by atoms with E-state index in [0.717, 1.165) is 16.8 Å². The maximum Gasteiger partial charge on any atom is 0.101 e. The molecule has 0 spiro atoms. The van der Waals surface area contributed by atoms with Gasteiger partial charge in [-0.2, -0.15) is 5.26 Å². The zero-order chi connectivity index (χ0) is 13.4. The van der Waals surface area contributed by atoms with Crippen molar-refractivity contribution in [2.24, 2.45) is 0 Å². The van der Waals surface area contributed by atoms with E-state index in [1.54, 1.807) is 6.07 Å². The molecular formula is C16H11ClN2. The molecule has 0 bridgehead atoms. The fraction of sp³-hybridized carbons (Fsp3) is 0.0625. The van der Waals surface area contributed by atoms with Crippen LogP contribution in [0.2, 0.25) is 5.02 Å². The van der Waals surface area contributed by atoms with Gasteiger partial charge in [0.2, 0.25) is 0 Å². The van der Waals surface area contributed by atoms with Crippen molar-refractivity contribution < 1.29 is 0 Å². The highest BCUT2D eigenvalue weighted by atomic mass is 35.5. The Balaban J connectivity index is 2.34. The number of aromatic nitrogens is 1. The summed E-state index contributed by atoms with van der Waals surface area (Å²) in [4.78, 5) is 0. The topological polar surface area (TPSA) is 28.2 Å². The van der Waals surface area contributed by atoms with Crippen LogP contribution in [0, 0.1) is 18.3 Å². The zero-order valence-corrected chi connectivity index (χ0v) is 11.1. The minimum atomic E-state index is 0.595. The molecule has 3 heteroatoms. The Morgan fingerprint density at radius 3 is 2.58 bits per heavy atom. The van der Waals surface area contributed by atoms with E-state index < -0.39 is 0 Å². The van der Waals surface area contributed by atoms with Crippen molar-refractivity contribution >= 4 is 17.1 Å². The van der Waals surface area contributed by atoms with E-state index in [1.165, 1.54) is 5.56 Å². The summed E-state index contributed by atoms with van der Waals surface area (Å²) in [6.07, 6.45) is 1.93. The van der Waals surface area contributed by atoms with E-state index >= 15 is 0 Å². The summed E-state index contributed by atoms with van der Waals surface area (Å²) < 4.78 is 1.96. The van der Waals surface area contributed by atoms with Gasteiger partial charge in [-0.15, -0.1) is 0 Å². The van der Waals surface area contributed by atoms with Gasteiger partial charge in [0, 0.05) is 6.20 Å². The fourth-order valence-corrected chi connectivity index (χ4v) is 2.51. The summed E-state index contributed by atoms with van der Waals surface area (Å²) in [6.45, 7) is 2.05. The highest BCUT2D eigenvalue weighted by Gasteiger charge is 2.12. The number of rotatable bonds is 1. The third-order valence-corrected chi connectivity index (χ3v) is 3.51. The number of fused-ring (bicyclic) bond motifs is 1. The van der Waals surface area contributed by atoms with Gasteiger partial charge in [-0.25, -0.2) is 0 Å². The lowest BCUT2D eigenvalue weighted by Crippen LogP contribution is -1.88. The second-order valence-corrected chi connectivity index (χ2v) is 4.90. The third-order valence-electron chi connectivity index (χ3n) is 3.21. The maximum atomic E-state index is 9.24. The summed E-state index contributed by atoms with van der Waals surface area (Å²) in [5.41, 5.74) is 4.63. The van der Waals surface area contributed by atoms with Crippen LogP contribution >= 0.6 is 11.6 Å². The van der Waals surface area contributed by atoms with Crippen molar-refractivity contribution in [2.75, 3.05) is 0 Å². The smallest absolute Gasteiger partial charge is 0.101 e. The molecule has 2 aromatic heterocycles. The highest BCUT2D eigenvalue weighted by Crippen LogP contribution is 2.30. The van der Waals surface area contributed by atoms with Gasteiger partial charge in [0.1, 0.15) is 6.07 Å². The van der Waals surface area contributed by atoms with Gasteiger partial charge in [-0.05, 0) is 30.7 Å². The Morgan fingerprint density at radius 1 is 1.16 bits per heavy atom. The number of hydrogen-bond acceptors (Lipinski definition) is 1. The fourth-order valence-electron chi connectivity index (χ4n) is 2.25. The molecule has 92 valence electrons. The molecule has 0 amide bonds. The molecule has 0 aliphatic heterocycles. The Hall–Kier alpha value is -2.24. The van der Waals surface area contributed by atoms with E-state index in [0.29, 0.717) is 10.6 Å². The van der Waals surface area contributed by atoms with Gasteiger partial charge in [-0.1, -0.05) is 41.4 Å². The van der Waals surface area contributed by atoms with Crippen molar-refractivity contribution in [3.05, 3.63) is 64.8 Å². The quantitative estimate of drug-likeness (QED) is 0.640. The van der Waals surface area contributed by atoms with E-state index in [4.69, 9.17) is 11.6 Å². The molecule has 2 nitrogen and oxygen atoms in total. The van der Waals surface area contributed by atoms with E-state index in [-0.39, 0.29) is 0 Å². The van der Waals surface area contributed by atoms with Gasteiger partial charge in [-0.3, -0.25) is 0 Å². The SMILES string of the molecule is Cc1ccc(-c2cc(C#N)c3c(Cl)cccn23)cc1. The van der Waals surface area contributed by atoms with Gasteiger partial charge in [0.25, 0.3) is 0 Å². The summed E-state index contributed by atoms with van der Waals surface area (Å²) in [5, 5.41) is 9.84. The van der Waals surface area contributed by atoms with Crippen LogP contribution in [0.3, 0.4) is 0 Å². The molecule has 0 radical (unpaired) electrons. The first-order chi connectivity index (χ1) is 9.20. The van der Waals surface area contributed by atoms with Crippen LogP contribution in [0.1, 0.15) is 11.1 Å². The first kappa shape index (κ1) is 11.8. The first-order valence-corrected chi connectivity index (χ1v) is 6.35. The van der Waals surface area contributed by atoms with Crippen LogP contribution in [0.15, 0.2) is 48.7 Å². The summed E-state index contributed by atoms with van der Waals surface area (Å²) in [7, 11) is 0. The second kappa shape index (κ2) is 4.46. The summed E-state index contributed by atoms with van der Waals surface area (Å²) in [6, 6.07) is 16.0. The molecule has 0 unspecified atom stereocenters. The second-order valence-electron chi connectivity index (χ2n) is 4.50. The van der Waals surface area contributed by atoms with Crippen LogP contribution in [-0.4, -0.2) is 4.40 Å². The molecule has 0 aliphatic rings. The average molecular weight is 267 g/mol. The molecule has 19 heavy (non-hydrogen) atoms. The van der Waals surface area contributed by atoms with Crippen LogP contribution in [0.5, 0.6) is 0 Å². The Bertz CT molecular complexity index is 792. The van der Waals surface area contributed by atoms with Crippen LogP contribution in [0.25, 0.3) is 16.8 Å². The lowest BCUT2D eigenvalue weighted by Gasteiger charge is -2.04. The molecule has 2 heterocycles. The monoisotopic (exact) mass is 266 g/mol.